The van der Waals surface area contributed by atoms with E-state index in [4.69, 9.17) is 0 Å². The summed E-state index contributed by atoms with van der Waals surface area (Å²) in [5, 5.41) is 13.7. The highest BCUT2D eigenvalue weighted by Crippen LogP contribution is 2.39. The third-order valence-electron chi connectivity index (χ3n) is 3.82. The first-order valence-corrected chi connectivity index (χ1v) is 6.61. The Labute approximate surface area is 106 Å². The minimum atomic E-state index is -0.864. The fourth-order valence-electron chi connectivity index (χ4n) is 2.60. The van der Waals surface area contributed by atoms with Gasteiger partial charge in [-0.2, -0.15) is 5.10 Å². The number of aromatic carboxylic acids is 1. The minimum Gasteiger partial charge on any atom is -0.477 e. The molecule has 0 spiro atoms. The predicted molar refractivity (Wildman–Crippen MR) is 68.0 cm³/mol. The van der Waals surface area contributed by atoms with Crippen molar-refractivity contribution in [3.05, 3.63) is 11.3 Å². The number of rotatable bonds is 5. The lowest BCUT2D eigenvalue weighted by Gasteiger charge is -2.25. The lowest BCUT2D eigenvalue weighted by molar-refractivity contribution is 0.0696. The summed E-state index contributed by atoms with van der Waals surface area (Å²) in [6, 6.07) is 0.526. The van der Waals surface area contributed by atoms with Gasteiger partial charge in [-0.05, 0) is 38.5 Å². The third-order valence-corrected chi connectivity index (χ3v) is 3.82. The molecule has 0 bridgehead atoms. The number of nitrogens with zero attached hydrogens (tertiary/aromatic N) is 3. The van der Waals surface area contributed by atoms with Gasteiger partial charge in [0.2, 0.25) is 0 Å². The van der Waals surface area contributed by atoms with E-state index in [1.165, 1.54) is 25.7 Å². The number of carbonyl (C=O) groups is 1. The maximum Gasteiger partial charge on any atom is 0.341 e. The molecule has 3 rings (SSSR count). The van der Waals surface area contributed by atoms with Crippen molar-refractivity contribution in [3.8, 4) is 0 Å². The molecule has 0 radical (unpaired) electrons. The molecule has 18 heavy (non-hydrogen) atoms. The van der Waals surface area contributed by atoms with E-state index in [9.17, 15) is 9.90 Å². The van der Waals surface area contributed by atoms with Gasteiger partial charge >= 0.3 is 5.97 Å². The summed E-state index contributed by atoms with van der Waals surface area (Å²) in [6.07, 6.45) is 4.91. The van der Waals surface area contributed by atoms with Crippen LogP contribution in [-0.4, -0.2) is 33.4 Å². The summed E-state index contributed by atoms with van der Waals surface area (Å²) in [7, 11) is 1.84. The van der Waals surface area contributed by atoms with Crippen LogP contribution in [0.15, 0.2) is 0 Å². The van der Waals surface area contributed by atoms with E-state index in [0.29, 0.717) is 17.3 Å². The van der Waals surface area contributed by atoms with E-state index in [-0.39, 0.29) is 0 Å². The molecule has 98 valence electrons. The van der Waals surface area contributed by atoms with Crippen molar-refractivity contribution in [1.82, 2.24) is 9.78 Å². The number of hydrogen-bond acceptors (Lipinski definition) is 3. The molecular formula is C13H19N3O2. The van der Waals surface area contributed by atoms with Crippen molar-refractivity contribution < 1.29 is 9.90 Å². The average molecular weight is 249 g/mol. The van der Waals surface area contributed by atoms with E-state index in [1.807, 2.05) is 7.05 Å². The Morgan fingerprint density at radius 2 is 2.11 bits per heavy atom. The lowest BCUT2D eigenvalue weighted by atomic mass is 10.2. The lowest BCUT2D eigenvalue weighted by Crippen LogP contribution is -2.31. The highest BCUT2D eigenvalue weighted by atomic mass is 16.4. The van der Waals surface area contributed by atoms with E-state index in [2.05, 4.69) is 10.00 Å². The minimum absolute atomic E-state index is 0.380. The van der Waals surface area contributed by atoms with E-state index in [1.54, 1.807) is 11.6 Å². The summed E-state index contributed by atoms with van der Waals surface area (Å²) in [4.78, 5) is 13.7. The molecule has 2 aliphatic carbocycles. The van der Waals surface area contributed by atoms with Crippen molar-refractivity contribution in [1.29, 1.82) is 0 Å². The molecule has 0 atom stereocenters. The highest BCUT2D eigenvalue weighted by molar-refractivity contribution is 5.95. The molecule has 1 N–H and O–H groups in total. The average Bonchev–Trinajstić information content (AvgIpc) is 3.14. The van der Waals surface area contributed by atoms with Gasteiger partial charge in [-0.15, -0.1) is 0 Å². The molecule has 0 saturated heterocycles. The molecule has 5 nitrogen and oxygen atoms in total. The van der Waals surface area contributed by atoms with Crippen molar-refractivity contribution >= 4 is 11.8 Å². The van der Waals surface area contributed by atoms with E-state index >= 15 is 0 Å². The summed E-state index contributed by atoms with van der Waals surface area (Å²) in [6.45, 7) is 2.76. The van der Waals surface area contributed by atoms with Crippen molar-refractivity contribution in [3.63, 3.8) is 0 Å². The zero-order valence-corrected chi connectivity index (χ0v) is 10.9. The number of carboxylic acids is 1. The molecule has 2 saturated carbocycles. The zero-order valence-electron chi connectivity index (χ0n) is 10.9. The SMILES string of the molecule is Cc1nn(C)c(N(CC2CC2)C2CC2)c1C(=O)O. The quantitative estimate of drug-likeness (QED) is 0.864. The molecule has 2 aliphatic rings. The van der Waals surface area contributed by atoms with Crippen molar-refractivity contribution in [2.75, 3.05) is 11.4 Å². The summed E-state index contributed by atoms with van der Waals surface area (Å²) >= 11 is 0. The van der Waals surface area contributed by atoms with Crippen molar-refractivity contribution in [2.45, 2.75) is 38.6 Å². The van der Waals surface area contributed by atoms with Crippen LogP contribution in [0.4, 0.5) is 5.82 Å². The van der Waals surface area contributed by atoms with Gasteiger partial charge in [0.25, 0.3) is 0 Å². The molecular weight excluding hydrogens is 230 g/mol. The third kappa shape index (κ3) is 1.98. The molecule has 2 fully saturated rings. The molecule has 1 heterocycles. The molecule has 5 heteroatoms. The van der Waals surface area contributed by atoms with Gasteiger partial charge < -0.3 is 10.0 Å². The second-order valence-electron chi connectivity index (χ2n) is 5.54. The van der Waals surface area contributed by atoms with Crippen LogP contribution in [0.3, 0.4) is 0 Å². The van der Waals surface area contributed by atoms with E-state index in [0.717, 1.165) is 18.3 Å². The van der Waals surface area contributed by atoms with Crippen LogP contribution in [-0.2, 0) is 7.05 Å². The second kappa shape index (κ2) is 4.00. The van der Waals surface area contributed by atoms with Gasteiger partial charge in [0.15, 0.2) is 0 Å². The highest BCUT2D eigenvalue weighted by Gasteiger charge is 2.37. The maximum absolute atomic E-state index is 11.4. The molecule has 0 amide bonds. The number of anilines is 1. The Balaban J connectivity index is 1.98. The van der Waals surface area contributed by atoms with Crippen LogP contribution in [0.2, 0.25) is 0 Å². The standard InChI is InChI=1S/C13H19N3O2/c1-8-11(13(17)18)12(15(2)14-8)16(10-5-6-10)7-9-3-4-9/h9-10H,3-7H2,1-2H3,(H,17,18). The first-order valence-electron chi connectivity index (χ1n) is 6.61. The van der Waals surface area contributed by atoms with Gasteiger partial charge in [0.05, 0.1) is 5.69 Å². The van der Waals surface area contributed by atoms with Gasteiger partial charge in [-0.1, -0.05) is 0 Å². The van der Waals surface area contributed by atoms with Gasteiger partial charge in [0, 0.05) is 19.6 Å². The zero-order chi connectivity index (χ0) is 12.9. The molecule has 0 aromatic carbocycles. The van der Waals surface area contributed by atoms with Crippen molar-refractivity contribution in [2.24, 2.45) is 13.0 Å². The number of aromatic nitrogens is 2. The first-order chi connectivity index (χ1) is 8.58. The molecule has 1 aromatic rings. The van der Waals surface area contributed by atoms with Crippen LogP contribution in [0.1, 0.15) is 41.7 Å². The maximum atomic E-state index is 11.4. The fourth-order valence-corrected chi connectivity index (χ4v) is 2.60. The van der Waals surface area contributed by atoms with Crippen LogP contribution in [0.25, 0.3) is 0 Å². The summed E-state index contributed by atoms with van der Waals surface area (Å²) in [5.41, 5.74) is 0.992. The van der Waals surface area contributed by atoms with Crippen LogP contribution < -0.4 is 4.90 Å². The molecule has 1 aromatic heterocycles. The first kappa shape index (κ1) is 11.6. The molecule has 0 unspecified atom stereocenters. The monoisotopic (exact) mass is 249 g/mol. The smallest absolute Gasteiger partial charge is 0.341 e. The van der Waals surface area contributed by atoms with Crippen LogP contribution >= 0.6 is 0 Å². The number of carboxylic acid groups (broad SMARTS) is 1. The Bertz CT molecular complexity index is 487. The Morgan fingerprint density at radius 1 is 1.44 bits per heavy atom. The van der Waals surface area contributed by atoms with E-state index < -0.39 is 5.97 Å². The van der Waals surface area contributed by atoms with Gasteiger partial charge in [-0.3, -0.25) is 4.68 Å². The Kier molecular flexibility index (Phi) is 2.57. The predicted octanol–water partition coefficient (Wildman–Crippen LogP) is 1.81. The number of aryl methyl sites for hydroxylation is 2. The largest absolute Gasteiger partial charge is 0.477 e. The van der Waals surface area contributed by atoms with Crippen LogP contribution in [0.5, 0.6) is 0 Å². The Morgan fingerprint density at radius 3 is 2.61 bits per heavy atom. The Hall–Kier alpha value is -1.52. The normalized spacial score (nSPS) is 19.0. The molecule has 0 aliphatic heterocycles. The van der Waals surface area contributed by atoms with Crippen LogP contribution in [0, 0.1) is 12.8 Å². The van der Waals surface area contributed by atoms with Gasteiger partial charge in [-0.25, -0.2) is 4.79 Å². The summed E-state index contributed by atoms with van der Waals surface area (Å²) in [5.74, 6) is 0.689. The number of hydrogen-bond donors (Lipinski definition) is 1. The summed E-state index contributed by atoms with van der Waals surface area (Å²) < 4.78 is 1.74. The van der Waals surface area contributed by atoms with Gasteiger partial charge in [0.1, 0.15) is 11.4 Å². The second-order valence-corrected chi connectivity index (χ2v) is 5.54. The topological polar surface area (TPSA) is 58.4 Å². The fraction of sp³-hybridized carbons (Fsp3) is 0.692.